The average molecular weight is 382 g/mol. The fourth-order valence-electron chi connectivity index (χ4n) is 4.01. The van der Waals surface area contributed by atoms with E-state index < -0.39 is 23.6 Å². The number of benzene rings is 1. The van der Waals surface area contributed by atoms with Gasteiger partial charge in [0.05, 0.1) is 6.20 Å². The van der Waals surface area contributed by atoms with Gasteiger partial charge in [0.1, 0.15) is 23.2 Å². The van der Waals surface area contributed by atoms with Gasteiger partial charge in [-0.05, 0) is 56.0 Å². The van der Waals surface area contributed by atoms with Crippen LogP contribution in [0.5, 0.6) is 0 Å². The summed E-state index contributed by atoms with van der Waals surface area (Å²) in [5.74, 6) is -2.19. The molecular weight excluding hydrogens is 359 g/mol. The molecule has 0 aliphatic heterocycles. The van der Waals surface area contributed by atoms with Crippen molar-refractivity contribution in [1.29, 1.82) is 0 Å². The average Bonchev–Trinajstić information content (AvgIpc) is 2.89. The van der Waals surface area contributed by atoms with Crippen LogP contribution in [-0.4, -0.2) is 29.0 Å². The first-order valence-electron chi connectivity index (χ1n) is 9.32. The molecule has 1 aromatic carbocycles. The highest BCUT2D eigenvalue weighted by molar-refractivity contribution is 6.15. The number of hydrogen-bond donors (Lipinski definition) is 1. The Labute approximate surface area is 163 Å². The van der Waals surface area contributed by atoms with Gasteiger partial charge in [-0.1, -0.05) is 17.7 Å². The summed E-state index contributed by atoms with van der Waals surface area (Å²) >= 11 is 0. The Kier molecular flexibility index (Phi) is 5.68. The van der Waals surface area contributed by atoms with Crippen LogP contribution < -0.4 is 5.32 Å². The summed E-state index contributed by atoms with van der Waals surface area (Å²) in [5, 5.41) is 2.68. The molecule has 6 heteroatoms. The zero-order valence-electron chi connectivity index (χ0n) is 16.2. The van der Waals surface area contributed by atoms with Crippen molar-refractivity contribution in [3.8, 4) is 0 Å². The van der Waals surface area contributed by atoms with Crippen molar-refractivity contribution in [3.05, 3.63) is 64.2 Å². The fraction of sp³-hybridized carbons (Fsp3) is 0.364. The largest absolute Gasteiger partial charge is 0.351 e. The number of halogens is 1. The van der Waals surface area contributed by atoms with Crippen LogP contribution in [0.15, 0.2) is 30.5 Å². The summed E-state index contributed by atoms with van der Waals surface area (Å²) in [6.07, 6.45) is 1.56. The van der Waals surface area contributed by atoms with Crippen LogP contribution in [0.1, 0.15) is 51.5 Å². The van der Waals surface area contributed by atoms with E-state index in [0.717, 1.165) is 34.5 Å². The highest BCUT2D eigenvalue weighted by Crippen LogP contribution is 2.37. The van der Waals surface area contributed by atoms with Gasteiger partial charge in [0.25, 0.3) is 5.91 Å². The number of aromatic nitrogens is 1. The first-order valence-corrected chi connectivity index (χ1v) is 9.32. The molecule has 1 amide bonds. The first kappa shape index (κ1) is 19.9. The monoisotopic (exact) mass is 382 g/mol. The van der Waals surface area contributed by atoms with E-state index in [4.69, 9.17) is 0 Å². The third-order valence-electron chi connectivity index (χ3n) is 5.22. The number of rotatable bonds is 5. The molecule has 146 valence electrons. The van der Waals surface area contributed by atoms with Gasteiger partial charge in [-0.25, -0.2) is 9.37 Å². The molecule has 0 bridgehead atoms. The molecule has 28 heavy (non-hydrogen) atoms. The van der Waals surface area contributed by atoms with Crippen molar-refractivity contribution >= 4 is 17.5 Å². The quantitative estimate of drug-likeness (QED) is 0.806. The van der Waals surface area contributed by atoms with Gasteiger partial charge < -0.3 is 5.32 Å². The topological polar surface area (TPSA) is 76.1 Å². The van der Waals surface area contributed by atoms with Crippen LogP contribution >= 0.6 is 0 Å². The molecule has 1 aliphatic carbocycles. The van der Waals surface area contributed by atoms with Crippen LogP contribution in [0.25, 0.3) is 0 Å². The maximum atomic E-state index is 12.9. The lowest BCUT2D eigenvalue weighted by Gasteiger charge is -2.16. The van der Waals surface area contributed by atoms with Crippen LogP contribution in [-0.2, 0) is 9.59 Å². The Balaban J connectivity index is 1.64. The zero-order valence-corrected chi connectivity index (χ0v) is 16.2. The summed E-state index contributed by atoms with van der Waals surface area (Å²) in [5.41, 5.74) is 3.95. The number of carbonyl (C=O) groups excluding carboxylic acids is 3. The first-order chi connectivity index (χ1) is 13.3. The Hall–Kier alpha value is -2.89. The van der Waals surface area contributed by atoms with Crippen LogP contribution in [0.3, 0.4) is 0 Å². The number of nitrogens with one attached hydrogen (secondary N) is 1. The van der Waals surface area contributed by atoms with E-state index in [1.165, 1.54) is 6.07 Å². The van der Waals surface area contributed by atoms with Crippen LogP contribution in [0.2, 0.25) is 0 Å². The van der Waals surface area contributed by atoms with E-state index in [-0.39, 0.29) is 30.2 Å². The molecule has 1 fully saturated rings. The van der Waals surface area contributed by atoms with Crippen LogP contribution in [0.4, 0.5) is 4.39 Å². The predicted molar refractivity (Wildman–Crippen MR) is 103 cm³/mol. The molecule has 5 nitrogen and oxygen atoms in total. The SMILES string of the molecule is Cc1cc(C)c(C2C(=O)CC(CCNC(=O)c3ccc(F)cn3)C2=O)c(C)c1. The minimum absolute atomic E-state index is 0.0587. The van der Waals surface area contributed by atoms with E-state index in [1.54, 1.807) is 0 Å². The highest BCUT2D eigenvalue weighted by Gasteiger charge is 2.42. The number of amides is 1. The second-order valence-corrected chi connectivity index (χ2v) is 7.42. The predicted octanol–water partition coefficient (Wildman–Crippen LogP) is 3.21. The molecule has 1 aromatic heterocycles. The fourth-order valence-corrected chi connectivity index (χ4v) is 4.01. The molecule has 0 saturated heterocycles. The van der Waals surface area contributed by atoms with Gasteiger partial charge in [0, 0.05) is 18.9 Å². The molecule has 1 aliphatic rings. The molecule has 2 aromatic rings. The Morgan fingerprint density at radius 1 is 1.18 bits per heavy atom. The van der Waals surface area contributed by atoms with Gasteiger partial charge >= 0.3 is 0 Å². The van der Waals surface area contributed by atoms with Gasteiger partial charge in [0.15, 0.2) is 5.78 Å². The van der Waals surface area contributed by atoms with E-state index in [1.807, 2.05) is 32.9 Å². The second-order valence-electron chi connectivity index (χ2n) is 7.42. The lowest BCUT2D eigenvalue weighted by Crippen LogP contribution is -2.28. The van der Waals surface area contributed by atoms with Crippen molar-refractivity contribution in [1.82, 2.24) is 10.3 Å². The van der Waals surface area contributed by atoms with Crippen LogP contribution in [0, 0.1) is 32.5 Å². The minimum atomic E-state index is -0.708. The van der Waals surface area contributed by atoms with Crippen molar-refractivity contribution in [2.45, 2.75) is 39.5 Å². The van der Waals surface area contributed by atoms with Gasteiger partial charge in [-0.15, -0.1) is 0 Å². The molecule has 1 heterocycles. The van der Waals surface area contributed by atoms with Crippen molar-refractivity contribution in [2.24, 2.45) is 5.92 Å². The molecule has 0 radical (unpaired) electrons. The number of hydrogen-bond acceptors (Lipinski definition) is 4. The lowest BCUT2D eigenvalue weighted by molar-refractivity contribution is -0.124. The zero-order chi connectivity index (χ0) is 20.4. The third kappa shape index (κ3) is 4.01. The number of carbonyl (C=O) groups is 3. The smallest absolute Gasteiger partial charge is 0.269 e. The van der Waals surface area contributed by atoms with Gasteiger partial charge in [0.2, 0.25) is 0 Å². The van der Waals surface area contributed by atoms with E-state index in [9.17, 15) is 18.8 Å². The molecule has 1 N–H and O–H groups in total. The maximum Gasteiger partial charge on any atom is 0.269 e. The number of Topliss-reactive ketones (excluding diaryl/α,β-unsaturated/α-hetero) is 2. The van der Waals surface area contributed by atoms with Gasteiger partial charge in [-0.3, -0.25) is 14.4 Å². The standard InChI is InChI=1S/C22H23FN2O3/c1-12-8-13(2)19(14(3)9-12)20-18(26)10-15(21(20)27)6-7-24-22(28)17-5-4-16(23)11-25-17/h4-5,8-9,11,15,20H,6-7,10H2,1-3H3,(H,24,28). The van der Waals surface area contributed by atoms with Crippen molar-refractivity contribution < 1.29 is 18.8 Å². The number of aryl methyl sites for hydroxylation is 3. The van der Waals surface area contributed by atoms with Crippen molar-refractivity contribution in [2.75, 3.05) is 6.54 Å². The minimum Gasteiger partial charge on any atom is -0.351 e. The summed E-state index contributed by atoms with van der Waals surface area (Å²) in [7, 11) is 0. The normalized spacial score (nSPS) is 19.1. The van der Waals surface area contributed by atoms with E-state index in [0.29, 0.717) is 6.42 Å². The molecule has 0 spiro atoms. The molecular formula is C22H23FN2O3. The van der Waals surface area contributed by atoms with E-state index >= 15 is 0 Å². The summed E-state index contributed by atoms with van der Waals surface area (Å²) in [4.78, 5) is 41.2. The molecule has 1 saturated carbocycles. The maximum absolute atomic E-state index is 12.9. The Morgan fingerprint density at radius 2 is 1.86 bits per heavy atom. The van der Waals surface area contributed by atoms with E-state index in [2.05, 4.69) is 10.3 Å². The third-order valence-corrected chi connectivity index (χ3v) is 5.22. The van der Waals surface area contributed by atoms with Gasteiger partial charge in [-0.2, -0.15) is 0 Å². The highest BCUT2D eigenvalue weighted by atomic mass is 19.1. The Morgan fingerprint density at radius 3 is 2.46 bits per heavy atom. The summed E-state index contributed by atoms with van der Waals surface area (Å²) < 4.78 is 12.9. The van der Waals surface area contributed by atoms with Crippen molar-refractivity contribution in [3.63, 3.8) is 0 Å². The number of nitrogens with zero attached hydrogens (tertiary/aromatic N) is 1. The summed E-state index contributed by atoms with van der Waals surface area (Å²) in [6.45, 7) is 6.10. The Bertz CT molecular complexity index is 914. The second kappa shape index (κ2) is 8.00. The number of ketones is 2. The lowest BCUT2D eigenvalue weighted by atomic mass is 9.86. The molecule has 2 unspecified atom stereocenters. The molecule has 2 atom stereocenters. The summed E-state index contributed by atoms with van der Waals surface area (Å²) in [6, 6.07) is 6.45. The molecule has 3 rings (SSSR count). The number of pyridine rings is 1.